The smallest absolute Gasteiger partial charge is 0.229 e. The van der Waals surface area contributed by atoms with Crippen LogP contribution in [0.2, 0.25) is 5.15 Å². The Labute approximate surface area is 176 Å². The van der Waals surface area contributed by atoms with Gasteiger partial charge in [-0.15, -0.1) is 0 Å². The van der Waals surface area contributed by atoms with Crippen molar-refractivity contribution in [2.45, 2.75) is 25.8 Å². The van der Waals surface area contributed by atoms with E-state index >= 15 is 0 Å². The molecule has 152 valence electrons. The zero-order valence-corrected chi connectivity index (χ0v) is 16.8. The molecule has 4 aromatic rings. The second kappa shape index (κ2) is 7.71. The molecule has 1 fully saturated rings. The molecule has 0 aliphatic carbocycles. The minimum absolute atomic E-state index is 0.0399. The van der Waals surface area contributed by atoms with Crippen molar-refractivity contribution in [3.05, 3.63) is 53.4 Å². The minimum atomic E-state index is -0.0399. The molecule has 10 nitrogen and oxygen atoms in total. The molecular formula is C19H18ClN9O. The predicted molar refractivity (Wildman–Crippen MR) is 110 cm³/mol. The molecule has 0 saturated carbocycles. The third kappa shape index (κ3) is 3.69. The van der Waals surface area contributed by atoms with Crippen LogP contribution < -0.4 is 10.2 Å². The molecule has 4 aromatic heterocycles. The topological polar surface area (TPSA) is 122 Å². The van der Waals surface area contributed by atoms with Crippen molar-refractivity contribution in [1.29, 1.82) is 0 Å². The fraction of sp³-hybridized carbons (Fsp3) is 0.263. The van der Waals surface area contributed by atoms with Gasteiger partial charge < -0.3 is 14.7 Å². The van der Waals surface area contributed by atoms with Crippen LogP contribution in [0.25, 0.3) is 11.4 Å². The highest BCUT2D eigenvalue weighted by molar-refractivity contribution is 6.29. The number of aryl methyl sites for hydroxylation is 1. The number of nitrogens with one attached hydrogen (secondary N) is 2. The lowest BCUT2D eigenvalue weighted by molar-refractivity contribution is 0.362. The summed E-state index contributed by atoms with van der Waals surface area (Å²) in [6, 6.07) is 5.41. The lowest BCUT2D eigenvalue weighted by atomic mass is 10.1. The molecule has 0 bridgehead atoms. The van der Waals surface area contributed by atoms with Gasteiger partial charge >= 0.3 is 0 Å². The molecule has 2 N–H and O–H groups in total. The van der Waals surface area contributed by atoms with E-state index in [2.05, 4.69) is 45.5 Å². The zero-order valence-electron chi connectivity index (χ0n) is 16.1. The van der Waals surface area contributed by atoms with Crippen molar-refractivity contribution in [3.8, 4) is 11.4 Å². The van der Waals surface area contributed by atoms with E-state index in [0.717, 1.165) is 30.8 Å². The molecule has 11 heteroatoms. The Morgan fingerprint density at radius 2 is 2.10 bits per heavy atom. The Bertz CT molecular complexity index is 1160. The second-order valence-electron chi connectivity index (χ2n) is 6.99. The van der Waals surface area contributed by atoms with Crippen molar-refractivity contribution < 1.29 is 4.52 Å². The number of aromatic amines is 1. The van der Waals surface area contributed by atoms with Crippen molar-refractivity contribution in [3.63, 3.8) is 0 Å². The first-order valence-electron chi connectivity index (χ1n) is 9.49. The summed E-state index contributed by atoms with van der Waals surface area (Å²) >= 11 is 6.28. The predicted octanol–water partition coefficient (Wildman–Crippen LogP) is 3.69. The lowest BCUT2D eigenvalue weighted by Gasteiger charge is -2.23. The van der Waals surface area contributed by atoms with Gasteiger partial charge in [-0.25, -0.2) is 4.98 Å². The van der Waals surface area contributed by atoms with Crippen molar-refractivity contribution in [2.75, 3.05) is 16.8 Å². The minimum Gasteiger partial charge on any atom is -0.358 e. The Kier molecular flexibility index (Phi) is 4.75. The molecule has 0 radical (unpaired) electrons. The summed E-state index contributed by atoms with van der Waals surface area (Å²) in [4.78, 5) is 19.5. The molecule has 0 spiro atoms. The van der Waals surface area contributed by atoms with Crippen molar-refractivity contribution in [1.82, 2.24) is 35.3 Å². The maximum Gasteiger partial charge on any atom is 0.229 e. The molecule has 1 aliphatic heterocycles. The van der Waals surface area contributed by atoms with E-state index in [1.54, 1.807) is 24.7 Å². The zero-order chi connectivity index (χ0) is 20.5. The van der Waals surface area contributed by atoms with Crippen LogP contribution in [0.5, 0.6) is 0 Å². The van der Waals surface area contributed by atoms with Crippen LogP contribution in [0.3, 0.4) is 0 Å². The van der Waals surface area contributed by atoms with E-state index in [1.165, 1.54) is 0 Å². The van der Waals surface area contributed by atoms with Gasteiger partial charge in [-0.2, -0.15) is 10.1 Å². The van der Waals surface area contributed by atoms with Crippen LogP contribution in [0, 0.1) is 6.92 Å². The summed E-state index contributed by atoms with van der Waals surface area (Å²) in [6.45, 7) is 2.71. The van der Waals surface area contributed by atoms with Gasteiger partial charge in [-0.3, -0.25) is 15.1 Å². The van der Waals surface area contributed by atoms with E-state index in [0.29, 0.717) is 34.1 Å². The third-order valence-corrected chi connectivity index (χ3v) is 5.03. The highest BCUT2D eigenvalue weighted by Gasteiger charge is 2.32. The molecule has 1 atom stereocenters. The van der Waals surface area contributed by atoms with Gasteiger partial charge in [-0.05, 0) is 19.8 Å². The van der Waals surface area contributed by atoms with Crippen LogP contribution >= 0.6 is 11.6 Å². The van der Waals surface area contributed by atoms with Gasteiger partial charge in [0.15, 0.2) is 11.6 Å². The average molecular weight is 424 g/mol. The summed E-state index contributed by atoms with van der Waals surface area (Å²) in [7, 11) is 0. The number of hydrogen-bond donors (Lipinski definition) is 2. The van der Waals surface area contributed by atoms with Gasteiger partial charge in [-0.1, -0.05) is 16.8 Å². The molecule has 1 aliphatic rings. The van der Waals surface area contributed by atoms with Gasteiger partial charge in [0.05, 0.1) is 12.2 Å². The highest BCUT2D eigenvalue weighted by Crippen LogP contribution is 2.36. The molecular weight excluding hydrogens is 406 g/mol. The van der Waals surface area contributed by atoms with Gasteiger partial charge in [0.2, 0.25) is 5.95 Å². The summed E-state index contributed by atoms with van der Waals surface area (Å²) in [5.41, 5.74) is 2.26. The monoisotopic (exact) mass is 423 g/mol. The molecule has 30 heavy (non-hydrogen) atoms. The molecule has 0 amide bonds. The number of hydrogen-bond acceptors (Lipinski definition) is 9. The summed E-state index contributed by atoms with van der Waals surface area (Å²) < 4.78 is 5.64. The first kappa shape index (κ1) is 18.5. The number of anilines is 3. The molecule has 0 aromatic carbocycles. The summed E-state index contributed by atoms with van der Waals surface area (Å²) in [5.74, 6) is 2.49. The van der Waals surface area contributed by atoms with Crippen molar-refractivity contribution in [2.24, 2.45) is 0 Å². The SMILES string of the molecule is Cc1cc(Nc2cc(Cl)nc(N3CCC[C@H]3c3cc(-c4cnccn4)no3)n2)n[nH]1. The molecule has 5 rings (SSSR count). The van der Waals surface area contributed by atoms with Crippen molar-refractivity contribution >= 4 is 29.2 Å². The van der Waals surface area contributed by atoms with E-state index in [-0.39, 0.29) is 6.04 Å². The number of halogens is 1. The second-order valence-corrected chi connectivity index (χ2v) is 7.38. The number of H-pyrrole nitrogens is 1. The van der Waals surface area contributed by atoms with E-state index in [9.17, 15) is 0 Å². The Morgan fingerprint density at radius 3 is 2.90 bits per heavy atom. The van der Waals surface area contributed by atoms with E-state index in [1.807, 2.05) is 19.1 Å². The maximum atomic E-state index is 6.28. The summed E-state index contributed by atoms with van der Waals surface area (Å²) in [5, 5.41) is 14.7. The number of aromatic nitrogens is 7. The van der Waals surface area contributed by atoms with Crippen LogP contribution in [0.4, 0.5) is 17.6 Å². The quantitative estimate of drug-likeness (QED) is 0.462. The fourth-order valence-corrected chi connectivity index (χ4v) is 3.69. The number of nitrogens with zero attached hydrogens (tertiary/aromatic N) is 7. The van der Waals surface area contributed by atoms with E-state index in [4.69, 9.17) is 16.1 Å². The normalized spacial score (nSPS) is 16.2. The first-order chi connectivity index (χ1) is 14.7. The van der Waals surface area contributed by atoms with Crippen LogP contribution in [-0.4, -0.2) is 41.8 Å². The van der Waals surface area contributed by atoms with Gasteiger partial charge in [0.25, 0.3) is 0 Å². The van der Waals surface area contributed by atoms with E-state index < -0.39 is 0 Å². The largest absolute Gasteiger partial charge is 0.358 e. The highest BCUT2D eigenvalue weighted by atomic mass is 35.5. The Hall–Kier alpha value is -3.53. The number of rotatable bonds is 5. The van der Waals surface area contributed by atoms with Gasteiger partial charge in [0.1, 0.15) is 22.4 Å². The van der Waals surface area contributed by atoms with Crippen LogP contribution in [0.15, 0.2) is 41.3 Å². The average Bonchev–Trinajstić information content (AvgIpc) is 3.48. The third-order valence-electron chi connectivity index (χ3n) is 4.84. The van der Waals surface area contributed by atoms with Gasteiger partial charge in [0, 0.05) is 42.8 Å². The standard InChI is InChI=1S/C19H18ClN9O/c1-11-7-18(27-26-11)24-17-9-16(20)23-19(25-17)29-6-2-3-14(29)15-8-12(28-30-15)13-10-21-4-5-22-13/h4-5,7-10,14H,2-3,6H2,1H3,(H2,23,24,25,26,27)/t14-/m0/s1. The first-order valence-corrected chi connectivity index (χ1v) is 9.87. The Morgan fingerprint density at radius 1 is 1.17 bits per heavy atom. The van der Waals surface area contributed by atoms with Crippen LogP contribution in [0.1, 0.15) is 30.3 Å². The molecule has 1 saturated heterocycles. The molecule has 5 heterocycles. The Balaban J connectivity index is 1.42. The summed E-state index contributed by atoms with van der Waals surface area (Å²) in [6.07, 6.45) is 6.77. The molecule has 0 unspecified atom stereocenters. The lowest BCUT2D eigenvalue weighted by Crippen LogP contribution is -2.24. The maximum absolute atomic E-state index is 6.28. The fourth-order valence-electron chi connectivity index (χ4n) is 3.51. The van der Waals surface area contributed by atoms with Crippen LogP contribution in [-0.2, 0) is 0 Å².